The van der Waals surface area contributed by atoms with Gasteiger partial charge in [-0.3, -0.25) is 9.59 Å². The standard InChI is InChI=1S/C26H29N3O4S2.C7H17NO5/c1-15(2)29(25(31)18-6-4-16(3)5-7-18)21-12-22(35-23(21)26(32)33)17-8-10-19(11-9-17)28-24(30)20-13-34-14-27-20;1-8-2-4(10)6(12)7(13)5(11)3-9/h8-16,18H,4-7H2,1-3H3,(H,28,30)(H,32,33);4-13H,2-3H2,1H3/t;4-,5+,6+,7+/m.0/s1. The third-order valence-corrected chi connectivity index (χ3v) is 9.86. The first-order chi connectivity index (χ1) is 22.8. The zero-order chi connectivity index (χ0) is 35.5. The molecule has 0 saturated heterocycles. The van der Waals surface area contributed by atoms with Gasteiger partial charge in [0, 0.05) is 34.4 Å². The molecule has 3 aromatic rings. The maximum Gasteiger partial charge on any atom is 0.348 e. The van der Waals surface area contributed by atoms with Crippen LogP contribution in [0.5, 0.6) is 0 Å². The number of aromatic nitrogens is 1. The number of carboxylic acid groups (broad SMARTS) is 1. The van der Waals surface area contributed by atoms with E-state index in [9.17, 15) is 24.6 Å². The lowest BCUT2D eigenvalue weighted by molar-refractivity contribution is -0.123. The Labute approximate surface area is 287 Å². The van der Waals surface area contributed by atoms with E-state index in [2.05, 4.69) is 22.5 Å². The van der Waals surface area contributed by atoms with Crippen molar-refractivity contribution in [1.82, 2.24) is 10.3 Å². The van der Waals surface area contributed by atoms with Crippen LogP contribution in [0.15, 0.2) is 41.2 Å². The Morgan fingerprint density at radius 3 is 2.15 bits per heavy atom. The quantitative estimate of drug-likeness (QED) is 0.129. The maximum atomic E-state index is 13.5. The van der Waals surface area contributed by atoms with E-state index in [1.54, 1.807) is 41.0 Å². The molecule has 0 unspecified atom stereocenters. The van der Waals surface area contributed by atoms with Gasteiger partial charge in [0.15, 0.2) is 0 Å². The van der Waals surface area contributed by atoms with Crippen LogP contribution in [-0.2, 0) is 4.79 Å². The van der Waals surface area contributed by atoms with Gasteiger partial charge in [-0.15, -0.1) is 22.7 Å². The van der Waals surface area contributed by atoms with Gasteiger partial charge in [0.1, 0.15) is 28.9 Å². The van der Waals surface area contributed by atoms with E-state index in [1.807, 2.05) is 26.0 Å². The molecule has 2 heterocycles. The zero-order valence-electron chi connectivity index (χ0n) is 27.4. The van der Waals surface area contributed by atoms with Gasteiger partial charge >= 0.3 is 5.97 Å². The fraction of sp³-hybridized carbons (Fsp3) is 0.515. The molecule has 15 heteroatoms. The van der Waals surface area contributed by atoms with Crippen molar-refractivity contribution in [1.29, 1.82) is 0 Å². The number of thiophene rings is 1. The highest BCUT2D eigenvalue weighted by atomic mass is 32.1. The minimum atomic E-state index is -1.55. The van der Waals surface area contributed by atoms with E-state index in [4.69, 9.17) is 20.4 Å². The maximum absolute atomic E-state index is 13.5. The Hall–Kier alpha value is -3.28. The summed E-state index contributed by atoms with van der Waals surface area (Å²) in [5, 5.41) is 61.9. The molecule has 48 heavy (non-hydrogen) atoms. The van der Waals surface area contributed by atoms with Gasteiger partial charge in [0.25, 0.3) is 5.91 Å². The monoisotopic (exact) mass is 706 g/mol. The van der Waals surface area contributed by atoms with Crippen LogP contribution in [0.3, 0.4) is 0 Å². The fourth-order valence-electron chi connectivity index (χ4n) is 5.34. The summed E-state index contributed by atoms with van der Waals surface area (Å²) in [5.41, 5.74) is 3.85. The third-order valence-electron chi connectivity index (χ3n) is 8.12. The second kappa shape index (κ2) is 18.5. The van der Waals surface area contributed by atoms with Crippen LogP contribution in [-0.4, -0.2) is 104 Å². The fourth-order valence-corrected chi connectivity index (χ4v) is 6.87. The summed E-state index contributed by atoms with van der Waals surface area (Å²) in [7, 11) is 1.57. The topological polar surface area (TPSA) is 213 Å². The van der Waals surface area contributed by atoms with Crippen LogP contribution in [0.25, 0.3) is 10.4 Å². The molecule has 2 aromatic heterocycles. The number of rotatable bonds is 13. The summed E-state index contributed by atoms with van der Waals surface area (Å²) >= 11 is 2.51. The lowest BCUT2D eigenvalue weighted by Crippen LogP contribution is -2.48. The van der Waals surface area contributed by atoms with Gasteiger partial charge in [-0.2, -0.15) is 0 Å². The summed E-state index contributed by atoms with van der Waals surface area (Å²) in [6.45, 7) is 5.49. The molecule has 1 aliphatic carbocycles. The number of thiazole rings is 1. The number of anilines is 2. The van der Waals surface area contributed by atoms with Crippen LogP contribution in [0.1, 0.15) is 66.6 Å². The Morgan fingerprint density at radius 2 is 1.62 bits per heavy atom. The van der Waals surface area contributed by atoms with Crippen molar-refractivity contribution in [2.75, 3.05) is 30.4 Å². The molecule has 13 nitrogen and oxygen atoms in total. The van der Waals surface area contributed by atoms with Gasteiger partial charge in [0.2, 0.25) is 5.91 Å². The summed E-state index contributed by atoms with van der Waals surface area (Å²) in [4.78, 5) is 44.5. The number of amides is 2. The van der Waals surface area contributed by atoms with Crippen LogP contribution >= 0.6 is 22.7 Å². The molecule has 1 aliphatic rings. The molecular formula is C33H46N4O9S2. The van der Waals surface area contributed by atoms with Crippen LogP contribution < -0.4 is 15.5 Å². The van der Waals surface area contributed by atoms with Crippen LogP contribution in [0.4, 0.5) is 11.4 Å². The van der Waals surface area contributed by atoms with Crippen molar-refractivity contribution in [2.24, 2.45) is 11.8 Å². The second-order valence-corrected chi connectivity index (χ2v) is 13.9. The summed E-state index contributed by atoms with van der Waals surface area (Å²) in [6, 6.07) is 8.86. The average molecular weight is 707 g/mol. The molecule has 0 spiro atoms. The lowest BCUT2D eigenvalue weighted by atomic mass is 9.82. The van der Waals surface area contributed by atoms with Crippen molar-refractivity contribution >= 4 is 51.8 Å². The lowest BCUT2D eigenvalue weighted by Gasteiger charge is -2.33. The molecular weight excluding hydrogens is 661 g/mol. The molecule has 264 valence electrons. The van der Waals surface area contributed by atoms with Gasteiger partial charge < -0.3 is 46.2 Å². The molecule has 0 radical (unpaired) electrons. The second-order valence-electron chi connectivity index (χ2n) is 12.2. The van der Waals surface area contributed by atoms with Crippen molar-refractivity contribution in [3.8, 4) is 10.4 Å². The molecule has 1 fully saturated rings. The highest BCUT2D eigenvalue weighted by Crippen LogP contribution is 2.40. The molecule has 1 saturated carbocycles. The van der Waals surface area contributed by atoms with Crippen LogP contribution in [0, 0.1) is 11.8 Å². The largest absolute Gasteiger partial charge is 0.477 e. The number of carboxylic acids is 1. The Balaban J connectivity index is 0.000000408. The van der Waals surface area contributed by atoms with Gasteiger partial charge in [0.05, 0.1) is 23.9 Å². The zero-order valence-corrected chi connectivity index (χ0v) is 29.1. The third kappa shape index (κ3) is 10.4. The van der Waals surface area contributed by atoms with Gasteiger partial charge in [-0.25, -0.2) is 9.78 Å². The molecule has 0 bridgehead atoms. The Bertz CT molecular complexity index is 1460. The molecule has 8 N–H and O–H groups in total. The summed E-state index contributed by atoms with van der Waals surface area (Å²) in [6.07, 6.45) is -1.92. The number of nitrogens with zero attached hydrogens (tertiary/aromatic N) is 2. The first-order valence-electron chi connectivity index (χ1n) is 15.8. The number of benzene rings is 1. The molecule has 4 atom stereocenters. The number of aliphatic hydroxyl groups is 5. The van der Waals surface area contributed by atoms with E-state index in [-0.39, 0.29) is 35.2 Å². The predicted octanol–water partition coefficient (Wildman–Crippen LogP) is 3.03. The predicted molar refractivity (Wildman–Crippen MR) is 186 cm³/mol. The normalized spacial score (nSPS) is 18.6. The van der Waals surface area contributed by atoms with Gasteiger partial charge in [-0.05, 0) is 76.3 Å². The van der Waals surface area contributed by atoms with E-state index in [0.29, 0.717) is 23.0 Å². The number of likely N-dealkylation sites (N-methyl/N-ethyl adjacent to an activating group) is 1. The van der Waals surface area contributed by atoms with E-state index in [0.717, 1.165) is 47.5 Å². The van der Waals surface area contributed by atoms with Gasteiger partial charge in [-0.1, -0.05) is 19.1 Å². The first-order valence-corrected chi connectivity index (χ1v) is 17.5. The minimum Gasteiger partial charge on any atom is -0.477 e. The van der Waals surface area contributed by atoms with E-state index < -0.39 is 37.0 Å². The molecule has 0 aliphatic heterocycles. The number of aliphatic hydroxyl groups excluding tert-OH is 5. The summed E-state index contributed by atoms with van der Waals surface area (Å²) < 4.78 is 0. The highest BCUT2D eigenvalue weighted by molar-refractivity contribution is 7.18. The first kappa shape index (κ1) is 39.2. The number of carbonyl (C=O) groups excluding carboxylic acids is 2. The Kier molecular flexibility index (Phi) is 15.1. The number of nitrogens with one attached hydrogen (secondary N) is 2. The van der Waals surface area contributed by atoms with Crippen molar-refractivity contribution < 1.29 is 45.0 Å². The SMILES string of the molecule is CC1CCC(C(=O)N(c2cc(-c3ccc(NC(=O)c4cscn4)cc3)sc2C(=O)O)C(C)C)CC1.CNC[C@H](O)[C@@H](O)[C@H](O)[C@H](O)CO. The van der Waals surface area contributed by atoms with Crippen molar-refractivity contribution in [2.45, 2.75) is 76.9 Å². The van der Waals surface area contributed by atoms with Crippen molar-refractivity contribution in [3.63, 3.8) is 0 Å². The van der Waals surface area contributed by atoms with E-state index in [1.165, 1.54) is 11.3 Å². The number of hydrogen-bond donors (Lipinski definition) is 8. The average Bonchev–Trinajstić information content (AvgIpc) is 3.76. The summed E-state index contributed by atoms with van der Waals surface area (Å²) in [5.74, 6) is -0.755. The Morgan fingerprint density at radius 1 is 1.00 bits per heavy atom. The number of carbonyl (C=O) groups is 3. The molecule has 1 aromatic carbocycles. The smallest absolute Gasteiger partial charge is 0.348 e. The number of aromatic carboxylic acids is 1. The molecule has 2 amide bonds. The van der Waals surface area contributed by atoms with E-state index >= 15 is 0 Å². The number of hydrogen-bond acceptors (Lipinski definition) is 12. The molecule has 4 rings (SSSR count). The van der Waals surface area contributed by atoms with Crippen LogP contribution in [0.2, 0.25) is 0 Å². The van der Waals surface area contributed by atoms with Crippen molar-refractivity contribution in [3.05, 3.63) is 51.8 Å². The minimum absolute atomic E-state index is 0.0128. The highest BCUT2D eigenvalue weighted by Gasteiger charge is 2.33.